The highest BCUT2D eigenvalue weighted by molar-refractivity contribution is 6.02. The molecule has 0 heterocycles. The molecule has 1 saturated carbocycles. The number of hydrogen-bond acceptors (Lipinski definition) is 2. The summed E-state index contributed by atoms with van der Waals surface area (Å²) in [6.07, 6.45) is 2.18. The second-order valence-electron chi connectivity index (χ2n) is 3.58. The van der Waals surface area contributed by atoms with Gasteiger partial charge >= 0.3 is 0 Å². The molecule has 0 aliphatic heterocycles. The molecule has 0 atom stereocenters. The maximum absolute atomic E-state index is 11.7. The number of aliphatic hydroxyl groups is 1. The van der Waals surface area contributed by atoms with Crippen LogP contribution in [0.1, 0.15) is 29.6 Å². The number of Topliss-reactive ketones (excluding diaryl/α,β-unsaturated/α-hetero) is 1. The van der Waals surface area contributed by atoms with Crippen molar-refractivity contribution in [3.8, 4) is 0 Å². The van der Waals surface area contributed by atoms with E-state index in [0.717, 1.165) is 6.42 Å². The molecule has 1 aromatic rings. The summed E-state index contributed by atoms with van der Waals surface area (Å²) in [5.74, 6) is -0.126. The molecule has 2 nitrogen and oxygen atoms in total. The smallest absolute Gasteiger partial charge is 0.194 e. The zero-order valence-electron chi connectivity index (χ0n) is 7.36. The van der Waals surface area contributed by atoms with E-state index < -0.39 is 5.60 Å². The summed E-state index contributed by atoms with van der Waals surface area (Å²) in [5, 5.41) is 9.78. The molecular formula is C11H12O2. The number of rotatable bonds is 2. The number of carbonyl (C=O) groups excluding carboxylic acids is 1. The van der Waals surface area contributed by atoms with E-state index in [1.807, 2.05) is 18.2 Å². The minimum Gasteiger partial charge on any atom is -0.382 e. The Labute approximate surface area is 77.2 Å². The fraction of sp³-hybridized carbons (Fsp3) is 0.364. The lowest BCUT2D eigenvalue weighted by Gasteiger charge is -2.34. The summed E-state index contributed by atoms with van der Waals surface area (Å²) in [6.45, 7) is 0. The third-order valence-corrected chi connectivity index (χ3v) is 2.64. The van der Waals surface area contributed by atoms with Gasteiger partial charge < -0.3 is 5.11 Å². The van der Waals surface area contributed by atoms with Gasteiger partial charge in [-0.25, -0.2) is 0 Å². The summed E-state index contributed by atoms with van der Waals surface area (Å²) in [4.78, 5) is 11.7. The van der Waals surface area contributed by atoms with Crippen LogP contribution in [0.25, 0.3) is 0 Å². The monoisotopic (exact) mass is 176 g/mol. The van der Waals surface area contributed by atoms with Crippen molar-refractivity contribution in [2.75, 3.05) is 0 Å². The largest absolute Gasteiger partial charge is 0.382 e. The van der Waals surface area contributed by atoms with E-state index in [0.29, 0.717) is 18.4 Å². The molecule has 1 aliphatic carbocycles. The van der Waals surface area contributed by atoms with E-state index in [9.17, 15) is 9.90 Å². The lowest BCUT2D eigenvalue weighted by Crippen LogP contribution is -2.45. The van der Waals surface area contributed by atoms with Crippen molar-refractivity contribution in [1.82, 2.24) is 0 Å². The summed E-state index contributed by atoms with van der Waals surface area (Å²) < 4.78 is 0. The second kappa shape index (κ2) is 2.96. The van der Waals surface area contributed by atoms with Gasteiger partial charge in [-0.3, -0.25) is 4.79 Å². The van der Waals surface area contributed by atoms with Crippen molar-refractivity contribution in [2.24, 2.45) is 0 Å². The van der Waals surface area contributed by atoms with Crippen LogP contribution in [0.5, 0.6) is 0 Å². The number of hydrogen-bond donors (Lipinski definition) is 1. The molecule has 13 heavy (non-hydrogen) atoms. The minimum atomic E-state index is -1.05. The molecule has 0 spiro atoms. The van der Waals surface area contributed by atoms with Crippen LogP contribution in [0.4, 0.5) is 0 Å². The predicted octanol–water partition coefficient (Wildman–Crippen LogP) is 1.78. The van der Waals surface area contributed by atoms with Crippen LogP contribution in [0.3, 0.4) is 0 Å². The Bertz CT molecular complexity index is 312. The lowest BCUT2D eigenvalue weighted by molar-refractivity contribution is -0.0130. The highest BCUT2D eigenvalue weighted by Crippen LogP contribution is 2.34. The highest BCUT2D eigenvalue weighted by atomic mass is 16.3. The quantitative estimate of drug-likeness (QED) is 0.697. The van der Waals surface area contributed by atoms with E-state index in [4.69, 9.17) is 0 Å². The topological polar surface area (TPSA) is 37.3 Å². The van der Waals surface area contributed by atoms with Crippen LogP contribution >= 0.6 is 0 Å². The fourth-order valence-corrected chi connectivity index (χ4v) is 1.60. The Morgan fingerprint density at radius 2 is 1.85 bits per heavy atom. The molecule has 2 heteroatoms. The molecule has 0 bridgehead atoms. The third-order valence-electron chi connectivity index (χ3n) is 2.64. The Morgan fingerprint density at radius 1 is 1.23 bits per heavy atom. The molecule has 0 aromatic heterocycles. The van der Waals surface area contributed by atoms with Gasteiger partial charge in [0, 0.05) is 5.56 Å². The summed E-state index contributed by atoms with van der Waals surface area (Å²) in [6, 6.07) is 8.99. The molecule has 1 fully saturated rings. The van der Waals surface area contributed by atoms with E-state index in [1.54, 1.807) is 12.1 Å². The van der Waals surface area contributed by atoms with E-state index >= 15 is 0 Å². The van der Waals surface area contributed by atoms with Crippen molar-refractivity contribution in [1.29, 1.82) is 0 Å². The zero-order chi connectivity index (χ0) is 9.31. The van der Waals surface area contributed by atoms with Gasteiger partial charge in [-0.1, -0.05) is 30.3 Å². The van der Waals surface area contributed by atoms with Gasteiger partial charge in [0.1, 0.15) is 5.60 Å². The Balaban J connectivity index is 2.23. The molecule has 68 valence electrons. The molecule has 0 amide bonds. The normalized spacial score (nSPS) is 19.2. The predicted molar refractivity (Wildman–Crippen MR) is 49.6 cm³/mol. The van der Waals surface area contributed by atoms with Gasteiger partial charge in [0.2, 0.25) is 0 Å². The maximum atomic E-state index is 11.7. The Morgan fingerprint density at radius 3 is 2.31 bits per heavy atom. The lowest BCUT2D eigenvalue weighted by atomic mass is 9.75. The summed E-state index contributed by atoms with van der Waals surface area (Å²) >= 11 is 0. The fourth-order valence-electron chi connectivity index (χ4n) is 1.60. The van der Waals surface area contributed by atoms with Gasteiger partial charge in [-0.15, -0.1) is 0 Å². The Hall–Kier alpha value is -1.15. The average molecular weight is 176 g/mol. The zero-order valence-corrected chi connectivity index (χ0v) is 7.36. The molecular weight excluding hydrogens is 164 g/mol. The average Bonchev–Trinajstić information content (AvgIpc) is 2.14. The van der Waals surface area contributed by atoms with Crippen molar-refractivity contribution in [3.05, 3.63) is 35.9 Å². The van der Waals surface area contributed by atoms with Crippen molar-refractivity contribution in [2.45, 2.75) is 24.9 Å². The van der Waals surface area contributed by atoms with E-state index in [-0.39, 0.29) is 5.78 Å². The van der Waals surface area contributed by atoms with E-state index in [2.05, 4.69) is 0 Å². The third kappa shape index (κ3) is 1.38. The first-order valence-corrected chi connectivity index (χ1v) is 4.55. The second-order valence-corrected chi connectivity index (χ2v) is 3.58. The molecule has 0 saturated heterocycles. The van der Waals surface area contributed by atoms with Crippen LogP contribution < -0.4 is 0 Å². The molecule has 1 N–H and O–H groups in total. The SMILES string of the molecule is O=C(c1ccccc1)C1(O)CCC1. The molecule has 0 unspecified atom stereocenters. The molecule has 1 aliphatic rings. The number of ketones is 1. The molecule has 2 rings (SSSR count). The van der Waals surface area contributed by atoms with Crippen molar-refractivity contribution < 1.29 is 9.90 Å². The van der Waals surface area contributed by atoms with Gasteiger partial charge in [-0.05, 0) is 19.3 Å². The standard InChI is InChI=1S/C11H12O2/c12-10(11(13)7-4-8-11)9-5-2-1-3-6-9/h1-3,5-6,13H,4,7-8H2. The molecule has 0 radical (unpaired) electrons. The van der Waals surface area contributed by atoms with Crippen LogP contribution in [-0.2, 0) is 0 Å². The summed E-state index contributed by atoms with van der Waals surface area (Å²) in [7, 11) is 0. The number of benzene rings is 1. The first-order chi connectivity index (χ1) is 6.22. The van der Waals surface area contributed by atoms with Crippen molar-refractivity contribution >= 4 is 5.78 Å². The van der Waals surface area contributed by atoms with Crippen LogP contribution in [-0.4, -0.2) is 16.5 Å². The van der Waals surface area contributed by atoms with Gasteiger partial charge in [0.05, 0.1) is 0 Å². The summed E-state index contributed by atoms with van der Waals surface area (Å²) in [5.41, 5.74) is -0.439. The van der Waals surface area contributed by atoms with Crippen LogP contribution in [0, 0.1) is 0 Å². The van der Waals surface area contributed by atoms with Gasteiger partial charge in [-0.2, -0.15) is 0 Å². The first kappa shape index (κ1) is 8.45. The number of carbonyl (C=O) groups is 1. The Kier molecular flexibility index (Phi) is 1.93. The highest BCUT2D eigenvalue weighted by Gasteiger charge is 2.41. The minimum absolute atomic E-state index is 0.126. The first-order valence-electron chi connectivity index (χ1n) is 4.55. The molecule has 1 aromatic carbocycles. The van der Waals surface area contributed by atoms with Crippen LogP contribution in [0.2, 0.25) is 0 Å². The van der Waals surface area contributed by atoms with Gasteiger partial charge in [0.15, 0.2) is 5.78 Å². The van der Waals surface area contributed by atoms with E-state index in [1.165, 1.54) is 0 Å². The van der Waals surface area contributed by atoms with Crippen LogP contribution in [0.15, 0.2) is 30.3 Å². The van der Waals surface area contributed by atoms with Gasteiger partial charge in [0.25, 0.3) is 0 Å². The maximum Gasteiger partial charge on any atom is 0.194 e. The van der Waals surface area contributed by atoms with Crippen molar-refractivity contribution in [3.63, 3.8) is 0 Å².